The molecule has 0 spiro atoms. The molecule has 0 heterocycles. The van der Waals surface area contributed by atoms with E-state index in [2.05, 4.69) is 6.92 Å². The maximum absolute atomic E-state index is 12.2. The van der Waals surface area contributed by atoms with Crippen molar-refractivity contribution in [2.75, 3.05) is 0 Å². The quantitative estimate of drug-likeness (QED) is 0.858. The Morgan fingerprint density at radius 3 is 2.68 bits per heavy atom. The van der Waals surface area contributed by atoms with E-state index >= 15 is 0 Å². The number of hydrogen-bond donors (Lipinski definition) is 1. The Balaban J connectivity index is 2.13. The van der Waals surface area contributed by atoms with Gasteiger partial charge in [-0.2, -0.15) is 13.2 Å². The van der Waals surface area contributed by atoms with Crippen molar-refractivity contribution in [2.24, 2.45) is 0 Å². The van der Waals surface area contributed by atoms with Crippen LogP contribution in [0.25, 0.3) is 0 Å². The maximum atomic E-state index is 12.2. The molecular weight excluding hydrogens is 253 g/mol. The van der Waals surface area contributed by atoms with Crippen LogP contribution in [-0.2, 0) is 5.60 Å². The fourth-order valence-corrected chi connectivity index (χ4v) is 2.94. The standard InChI is InChI=1S/C15H19F3O/c1-11-7-10-14(19,8-4-9-15(16,17)18)13-6-3-2-5-12(11)13/h2-3,5-6,11,19H,4,7-10H2,1H3. The van der Waals surface area contributed by atoms with Crippen LogP contribution >= 0.6 is 0 Å². The molecule has 19 heavy (non-hydrogen) atoms. The van der Waals surface area contributed by atoms with Gasteiger partial charge in [-0.15, -0.1) is 0 Å². The molecule has 1 nitrogen and oxygen atoms in total. The lowest BCUT2D eigenvalue weighted by Crippen LogP contribution is -2.32. The van der Waals surface area contributed by atoms with E-state index in [0.717, 1.165) is 17.5 Å². The summed E-state index contributed by atoms with van der Waals surface area (Å²) in [7, 11) is 0. The molecule has 0 saturated heterocycles. The summed E-state index contributed by atoms with van der Waals surface area (Å²) in [5.74, 6) is 0.360. The molecule has 1 N–H and O–H groups in total. The second kappa shape index (κ2) is 5.16. The van der Waals surface area contributed by atoms with Crippen LogP contribution in [0.1, 0.15) is 56.1 Å². The third-order valence-electron chi connectivity index (χ3n) is 4.03. The SMILES string of the molecule is CC1CCC(O)(CCCC(F)(F)F)c2ccccc21. The third kappa shape index (κ3) is 3.30. The molecule has 2 rings (SSSR count). The predicted octanol–water partition coefficient (Wildman–Crippen LogP) is 4.50. The molecule has 1 aromatic carbocycles. The first-order chi connectivity index (χ1) is 8.82. The maximum Gasteiger partial charge on any atom is 0.389 e. The van der Waals surface area contributed by atoms with Gasteiger partial charge in [0.15, 0.2) is 0 Å². The molecule has 1 aliphatic rings. The minimum absolute atomic E-state index is 0.0251. The first-order valence-corrected chi connectivity index (χ1v) is 6.70. The van der Waals surface area contributed by atoms with E-state index in [-0.39, 0.29) is 12.8 Å². The van der Waals surface area contributed by atoms with E-state index in [1.807, 2.05) is 24.3 Å². The number of benzene rings is 1. The molecule has 106 valence electrons. The number of fused-ring (bicyclic) bond motifs is 1. The molecule has 2 unspecified atom stereocenters. The van der Waals surface area contributed by atoms with E-state index in [0.29, 0.717) is 12.3 Å². The monoisotopic (exact) mass is 272 g/mol. The zero-order valence-electron chi connectivity index (χ0n) is 11.0. The van der Waals surface area contributed by atoms with Crippen molar-refractivity contribution in [3.8, 4) is 0 Å². The Labute approximate surface area is 111 Å². The highest BCUT2D eigenvalue weighted by molar-refractivity contribution is 5.37. The Morgan fingerprint density at radius 2 is 2.00 bits per heavy atom. The lowest BCUT2D eigenvalue weighted by molar-refractivity contribution is -0.138. The molecule has 0 fully saturated rings. The zero-order valence-corrected chi connectivity index (χ0v) is 11.0. The molecule has 1 aromatic rings. The summed E-state index contributed by atoms with van der Waals surface area (Å²) in [6.07, 6.45) is -3.45. The van der Waals surface area contributed by atoms with Crippen molar-refractivity contribution in [3.63, 3.8) is 0 Å². The van der Waals surface area contributed by atoms with Crippen LogP contribution in [0.5, 0.6) is 0 Å². The Hall–Kier alpha value is -1.03. The van der Waals surface area contributed by atoms with Gasteiger partial charge in [-0.25, -0.2) is 0 Å². The predicted molar refractivity (Wildman–Crippen MR) is 67.9 cm³/mol. The van der Waals surface area contributed by atoms with E-state index in [4.69, 9.17) is 0 Å². The van der Waals surface area contributed by atoms with Gasteiger partial charge >= 0.3 is 6.18 Å². The van der Waals surface area contributed by atoms with E-state index in [1.54, 1.807) is 0 Å². The lowest BCUT2D eigenvalue weighted by Gasteiger charge is -2.37. The molecule has 2 atom stereocenters. The van der Waals surface area contributed by atoms with Crippen LogP contribution in [-0.4, -0.2) is 11.3 Å². The van der Waals surface area contributed by atoms with E-state index < -0.39 is 18.2 Å². The zero-order chi connectivity index (χ0) is 14.1. The summed E-state index contributed by atoms with van der Waals surface area (Å²) < 4.78 is 36.6. The molecule has 0 bridgehead atoms. The first kappa shape index (κ1) is 14.4. The van der Waals surface area contributed by atoms with Crippen molar-refractivity contribution >= 4 is 0 Å². The Morgan fingerprint density at radius 1 is 1.32 bits per heavy atom. The van der Waals surface area contributed by atoms with Gasteiger partial charge in [0.1, 0.15) is 0 Å². The highest BCUT2D eigenvalue weighted by Gasteiger charge is 2.37. The Bertz CT molecular complexity index is 441. The van der Waals surface area contributed by atoms with Crippen LogP contribution in [0.4, 0.5) is 13.2 Å². The number of alkyl halides is 3. The molecule has 1 aliphatic carbocycles. The second-order valence-corrected chi connectivity index (χ2v) is 5.53. The Kier molecular flexibility index (Phi) is 3.90. The molecule has 0 aliphatic heterocycles. The number of rotatable bonds is 3. The fraction of sp³-hybridized carbons (Fsp3) is 0.600. The van der Waals surface area contributed by atoms with Gasteiger partial charge < -0.3 is 5.11 Å². The minimum atomic E-state index is -4.14. The number of hydrogen-bond acceptors (Lipinski definition) is 1. The molecule has 0 saturated carbocycles. The average Bonchev–Trinajstić information content (AvgIpc) is 2.33. The second-order valence-electron chi connectivity index (χ2n) is 5.53. The van der Waals surface area contributed by atoms with Crippen LogP contribution in [0.2, 0.25) is 0 Å². The van der Waals surface area contributed by atoms with E-state index in [1.165, 1.54) is 0 Å². The summed E-state index contributed by atoms with van der Waals surface area (Å²) >= 11 is 0. The van der Waals surface area contributed by atoms with Crippen molar-refractivity contribution in [1.29, 1.82) is 0 Å². The topological polar surface area (TPSA) is 20.2 Å². The van der Waals surface area contributed by atoms with Crippen molar-refractivity contribution in [2.45, 2.75) is 56.7 Å². The highest BCUT2D eigenvalue weighted by atomic mass is 19.4. The van der Waals surface area contributed by atoms with Gasteiger partial charge in [-0.05, 0) is 42.7 Å². The van der Waals surface area contributed by atoms with Crippen molar-refractivity contribution < 1.29 is 18.3 Å². The van der Waals surface area contributed by atoms with Gasteiger partial charge in [0.05, 0.1) is 5.60 Å². The average molecular weight is 272 g/mol. The van der Waals surface area contributed by atoms with Crippen molar-refractivity contribution in [1.82, 2.24) is 0 Å². The largest absolute Gasteiger partial charge is 0.389 e. The van der Waals surface area contributed by atoms with Gasteiger partial charge in [0.25, 0.3) is 0 Å². The van der Waals surface area contributed by atoms with Crippen LogP contribution in [0.15, 0.2) is 24.3 Å². The van der Waals surface area contributed by atoms with Crippen molar-refractivity contribution in [3.05, 3.63) is 35.4 Å². The van der Waals surface area contributed by atoms with E-state index in [9.17, 15) is 18.3 Å². The van der Waals surface area contributed by atoms with Gasteiger partial charge in [0.2, 0.25) is 0 Å². The molecule has 0 amide bonds. The molecule has 0 radical (unpaired) electrons. The molecule has 4 heteroatoms. The smallest absolute Gasteiger partial charge is 0.385 e. The van der Waals surface area contributed by atoms with Gasteiger partial charge in [0, 0.05) is 6.42 Å². The summed E-state index contributed by atoms with van der Waals surface area (Å²) in [6.45, 7) is 2.09. The van der Waals surface area contributed by atoms with Crippen LogP contribution < -0.4 is 0 Å². The number of aliphatic hydroxyl groups is 1. The normalized spacial score (nSPS) is 27.1. The lowest BCUT2D eigenvalue weighted by atomic mass is 9.72. The van der Waals surface area contributed by atoms with Gasteiger partial charge in [-0.1, -0.05) is 31.2 Å². The summed E-state index contributed by atoms with van der Waals surface area (Å²) in [5.41, 5.74) is 0.799. The number of halogens is 3. The minimum Gasteiger partial charge on any atom is -0.385 e. The molecular formula is C15H19F3O. The van der Waals surface area contributed by atoms with Crippen LogP contribution in [0, 0.1) is 0 Å². The summed E-state index contributed by atoms with van der Waals surface area (Å²) in [4.78, 5) is 0. The first-order valence-electron chi connectivity index (χ1n) is 6.70. The van der Waals surface area contributed by atoms with Gasteiger partial charge in [-0.3, -0.25) is 0 Å². The summed E-state index contributed by atoms with van der Waals surface area (Å²) in [5, 5.41) is 10.7. The fourth-order valence-electron chi connectivity index (χ4n) is 2.94. The van der Waals surface area contributed by atoms with Crippen LogP contribution in [0.3, 0.4) is 0 Å². The molecule has 0 aromatic heterocycles. The highest BCUT2D eigenvalue weighted by Crippen LogP contribution is 2.44. The third-order valence-corrected chi connectivity index (χ3v) is 4.03. The summed E-state index contributed by atoms with van der Waals surface area (Å²) in [6, 6.07) is 7.56.